The molecule has 2 unspecified atom stereocenters. The van der Waals surface area contributed by atoms with Crippen LogP contribution in [0.5, 0.6) is 0 Å². The number of aliphatic carboxylic acids is 1. The van der Waals surface area contributed by atoms with E-state index in [1.165, 1.54) is 6.42 Å². The molecule has 1 aliphatic heterocycles. The number of rotatable bonds is 4. The highest BCUT2D eigenvalue weighted by Crippen LogP contribution is 2.27. The van der Waals surface area contributed by atoms with Gasteiger partial charge in [-0.15, -0.1) is 0 Å². The lowest BCUT2D eigenvalue weighted by Gasteiger charge is -2.29. The number of amides is 2. The molecule has 2 rings (SSSR count). The smallest absolute Gasteiger partial charge is 0.326 e. The maximum Gasteiger partial charge on any atom is 0.326 e. The van der Waals surface area contributed by atoms with Crippen molar-refractivity contribution in [2.45, 2.75) is 44.6 Å². The van der Waals surface area contributed by atoms with Crippen LogP contribution in [0.2, 0.25) is 0 Å². The first-order chi connectivity index (χ1) is 9.61. The summed E-state index contributed by atoms with van der Waals surface area (Å²) < 4.78 is 0. The minimum absolute atomic E-state index is 0.0677. The van der Waals surface area contributed by atoms with Crippen molar-refractivity contribution in [3.05, 3.63) is 0 Å². The van der Waals surface area contributed by atoms with Gasteiger partial charge in [0.25, 0.3) is 0 Å². The molecule has 4 N–H and O–H groups in total. The maximum atomic E-state index is 12.2. The van der Waals surface area contributed by atoms with Crippen LogP contribution in [-0.2, 0) is 4.79 Å². The molecule has 20 heavy (non-hydrogen) atoms. The van der Waals surface area contributed by atoms with E-state index in [2.05, 4.69) is 5.32 Å². The van der Waals surface area contributed by atoms with Gasteiger partial charge in [-0.05, 0) is 37.6 Å². The third-order valence-corrected chi connectivity index (χ3v) is 4.57. The van der Waals surface area contributed by atoms with Gasteiger partial charge in [-0.2, -0.15) is 0 Å². The van der Waals surface area contributed by atoms with E-state index in [1.54, 1.807) is 4.90 Å². The number of nitrogens with zero attached hydrogens (tertiary/aromatic N) is 1. The summed E-state index contributed by atoms with van der Waals surface area (Å²) in [5.74, 6) is -0.503. The number of likely N-dealkylation sites (tertiary alicyclic amines) is 1. The van der Waals surface area contributed by atoms with Crippen molar-refractivity contribution in [3.8, 4) is 0 Å². The number of hydrogen-bond donors (Lipinski definition) is 3. The third kappa shape index (κ3) is 3.62. The first-order valence-corrected chi connectivity index (χ1v) is 7.60. The Hall–Kier alpha value is -1.30. The molecule has 1 aliphatic carbocycles. The van der Waals surface area contributed by atoms with Crippen molar-refractivity contribution in [1.82, 2.24) is 10.2 Å². The van der Waals surface area contributed by atoms with Crippen LogP contribution < -0.4 is 11.1 Å². The highest BCUT2D eigenvalue weighted by Gasteiger charge is 2.33. The van der Waals surface area contributed by atoms with Crippen LogP contribution in [0.1, 0.15) is 38.5 Å². The quantitative estimate of drug-likeness (QED) is 0.717. The summed E-state index contributed by atoms with van der Waals surface area (Å²) in [6, 6.07) is -1.00. The molecule has 2 atom stereocenters. The lowest BCUT2D eigenvalue weighted by molar-refractivity contribution is -0.141. The summed E-state index contributed by atoms with van der Waals surface area (Å²) in [7, 11) is 0. The highest BCUT2D eigenvalue weighted by molar-refractivity contribution is 5.83. The standard InChI is InChI=1S/C14H25N3O3/c15-8-10-6-7-17(9-10)14(20)16-12(13(18)19)11-4-2-1-3-5-11/h10-12H,1-9,15H2,(H,16,20)(H,18,19). The first-order valence-electron chi connectivity index (χ1n) is 7.60. The van der Waals surface area contributed by atoms with Gasteiger partial charge in [-0.25, -0.2) is 9.59 Å². The molecule has 2 aliphatic rings. The zero-order valence-electron chi connectivity index (χ0n) is 11.9. The second-order valence-electron chi connectivity index (χ2n) is 6.00. The van der Waals surface area contributed by atoms with Crippen molar-refractivity contribution >= 4 is 12.0 Å². The monoisotopic (exact) mass is 283 g/mol. The van der Waals surface area contributed by atoms with Gasteiger partial charge < -0.3 is 21.1 Å². The minimum Gasteiger partial charge on any atom is -0.480 e. The van der Waals surface area contributed by atoms with Gasteiger partial charge in [0.05, 0.1) is 0 Å². The van der Waals surface area contributed by atoms with E-state index >= 15 is 0 Å². The molecular weight excluding hydrogens is 258 g/mol. The van der Waals surface area contributed by atoms with Gasteiger partial charge in [0.15, 0.2) is 0 Å². The zero-order valence-corrected chi connectivity index (χ0v) is 11.9. The van der Waals surface area contributed by atoms with E-state index in [0.717, 1.165) is 32.1 Å². The van der Waals surface area contributed by atoms with Gasteiger partial charge in [0.2, 0.25) is 0 Å². The highest BCUT2D eigenvalue weighted by atomic mass is 16.4. The maximum absolute atomic E-state index is 12.2. The molecule has 1 heterocycles. The normalized spacial score (nSPS) is 25.4. The molecule has 0 aromatic rings. The van der Waals surface area contributed by atoms with Crippen molar-refractivity contribution < 1.29 is 14.7 Å². The molecule has 2 fully saturated rings. The SMILES string of the molecule is NCC1CCN(C(=O)NC(C(=O)O)C2CCCCC2)C1. The molecule has 0 radical (unpaired) electrons. The zero-order chi connectivity index (χ0) is 14.5. The molecule has 2 amide bonds. The second kappa shape index (κ2) is 6.92. The molecule has 0 aromatic carbocycles. The van der Waals surface area contributed by atoms with Gasteiger partial charge in [0, 0.05) is 13.1 Å². The number of nitrogens with two attached hydrogens (primary N) is 1. The molecule has 114 valence electrons. The van der Waals surface area contributed by atoms with Crippen molar-refractivity contribution in [3.63, 3.8) is 0 Å². The largest absolute Gasteiger partial charge is 0.480 e. The number of carbonyl (C=O) groups excluding carboxylic acids is 1. The Kier molecular flexibility index (Phi) is 5.23. The Morgan fingerprint density at radius 1 is 1.25 bits per heavy atom. The summed E-state index contributed by atoms with van der Waals surface area (Å²) in [6.07, 6.45) is 5.98. The number of carboxylic acid groups (broad SMARTS) is 1. The van der Waals surface area contributed by atoms with Crippen LogP contribution in [0, 0.1) is 11.8 Å². The minimum atomic E-state index is -0.917. The molecule has 1 saturated heterocycles. The van der Waals surface area contributed by atoms with Crippen LogP contribution >= 0.6 is 0 Å². The van der Waals surface area contributed by atoms with E-state index in [0.29, 0.717) is 25.6 Å². The Morgan fingerprint density at radius 2 is 1.95 bits per heavy atom. The predicted molar refractivity (Wildman–Crippen MR) is 75.3 cm³/mol. The number of urea groups is 1. The summed E-state index contributed by atoms with van der Waals surface area (Å²) in [6.45, 7) is 1.89. The lowest BCUT2D eigenvalue weighted by atomic mass is 9.84. The summed E-state index contributed by atoms with van der Waals surface area (Å²) in [5, 5.41) is 12.1. The van der Waals surface area contributed by atoms with E-state index in [9.17, 15) is 14.7 Å². The third-order valence-electron chi connectivity index (χ3n) is 4.57. The van der Waals surface area contributed by atoms with Crippen LogP contribution in [0.4, 0.5) is 4.79 Å². The number of hydrogen-bond acceptors (Lipinski definition) is 3. The lowest BCUT2D eigenvalue weighted by Crippen LogP contribution is -2.51. The van der Waals surface area contributed by atoms with E-state index < -0.39 is 12.0 Å². The second-order valence-corrected chi connectivity index (χ2v) is 6.00. The van der Waals surface area contributed by atoms with Crippen LogP contribution in [0.15, 0.2) is 0 Å². The average Bonchev–Trinajstić information content (AvgIpc) is 2.94. The van der Waals surface area contributed by atoms with E-state index in [1.807, 2.05) is 0 Å². The summed E-state index contributed by atoms with van der Waals surface area (Å²) in [4.78, 5) is 25.3. The molecule has 6 heteroatoms. The van der Waals surface area contributed by atoms with Crippen molar-refractivity contribution in [2.75, 3.05) is 19.6 Å². The Balaban J connectivity index is 1.90. The van der Waals surface area contributed by atoms with Gasteiger partial charge in [-0.3, -0.25) is 0 Å². The number of carboxylic acids is 1. The van der Waals surface area contributed by atoms with Crippen LogP contribution in [0.3, 0.4) is 0 Å². The Morgan fingerprint density at radius 3 is 2.50 bits per heavy atom. The predicted octanol–water partition coefficient (Wildman–Crippen LogP) is 1.01. The Bertz CT molecular complexity index is 356. The van der Waals surface area contributed by atoms with Crippen molar-refractivity contribution in [1.29, 1.82) is 0 Å². The molecule has 0 bridgehead atoms. The number of nitrogens with one attached hydrogen (secondary N) is 1. The molecule has 0 aromatic heterocycles. The first kappa shape index (κ1) is 15.1. The fourth-order valence-corrected chi connectivity index (χ4v) is 3.28. The number of carbonyl (C=O) groups is 2. The molecule has 0 spiro atoms. The summed E-state index contributed by atoms with van der Waals surface area (Å²) in [5.41, 5.74) is 5.61. The Labute approximate surface area is 119 Å². The van der Waals surface area contributed by atoms with Gasteiger partial charge in [0.1, 0.15) is 6.04 Å². The van der Waals surface area contributed by atoms with Gasteiger partial charge in [-0.1, -0.05) is 19.3 Å². The topological polar surface area (TPSA) is 95.7 Å². The van der Waals surface area contributed by atoms with Crippen LogP contribution in [-0.4, -0.2) is 47.7 Å². The van der Waals surface area contributed by atoms with E-state index in [4.69, 9.17) is 5.73 Å². The fraction of sp³-hybridized carbons (Fsp3) is 0.857. The molecule has 1 saturated carbocycles. The van der Waals surface area contributed by atoms with E-state index in [-0.39, 0.29) is 11.9 Å². The molecule has 6 nitrogen and oxygen atoms in total. The van der Waals surface area contributed by atoms with Crippen LogP contribution in [0.25, 0.3) is 0 Å². The van der Waals surface area contributed by atoms with Gasteiger partial charge >= 0.3 is 12.0 Å². The molecular formula is C14H25N3O3. The average molecular weight is 283 g/mol. The summed E-state index contributed by atoms with van der Waals surface area (Å²) >= 11 is 0. The fourth-order valence-electron chi connectivity index (χ4n) is 3.28. The van der Waals surface area contributed by atoms with Crippen molar-refractivity contribution in [2.24, 2.45) is 17.6 Å².